The predicted octanol–water partition coefficient (Wildman–Crippen LogP) is 4.28. The Balaban J connectivity index is 2.43. The number of hydrogen-bond acceptors (Lipinski definition) is 2. The Labute approximate surface area is 146 Å². The van der Waals surface area contributed by atoms with Crippen LogP contribution in [0.25, 0.3) is 0 Å². The van der Waals surface area contributed by atoms with Crippen LogP contribution in [0.5, 0.6) is 0 Å². The molecule has 0 radical (unpaired) electrons. The van der Waals surface area contributed by atoms with E-state index in [1.807, 2.05) is 6.08 Å². The smallest absolute Gasteiger partial charge is 0.105 e. The number of alkyl halides is 3. The first-order valence-corrected chi connectivity index (χ1v) is 9.53. The lowest BCUT2D eigenvalue weighted by Crippen LogP contribution is -2.55. The third-order valence-electron chi connectivity index (χ3n) is 5.22. The van der Waals surface area contributed by atoms with Crippen LogP contribution in [0.2, 0.25) is 0 Å². The van der Waals surface area contributed by atoms with Crippen LogP contribution >= 0.6 is 47.8 Å². The lowest BCUT2D eigenvalue weighted by molar-refractivity contribution is 0.00235. The molecule has 0 aromatic carbocycles. The Morgan fingerprint density at radius 3 is 2.35 bits per heavy atom. The Morgan fingerprint density at radius 1 is 1.30 bits per heavy atom. The molecular weight excluding hydrogens is 452 g/mol. The third kappa shape index (κ3) is 2.41. The van der Waals surface area contributed by atoms with Crippen LogP contribution < -0.4 is 0 Å². The monoisotopic (exact) mass is 470 g/mol. The number of aliphatic hydroxyl groups excluding tert-OH is 1. The zero-order chi connectivity index (χ0) is 15.3. The molecule has 0 heterocycles. The molecule has 0 saturated heterocycles. The third-order valence-corrected chi connectivity index (χ3v) is 8.56. The normalized spacial score (nSPS) is 44.3. The van der Waals surface area contributed by atoms with Gasteiger partial charge in [-0.2, -0.15) is 0 Å². The topological polar surface area (TPSA) is 40.5 Å². The molecular formula is C15H21Br3O2. The van der Waals surface area contributed by atoms with E-state index in [0.29, 0.717) is 12.8 Å². The molecule has 20 heavy (non-hydrogen) atoms. The summed E-state index contributed by atoms with van der Waals surface area (Å²) in [7, 11) is 0. The van der Waals surface area contributed by atoms with Gasteiger partial charge in [0, 0.05) is 10.2 Å². The number of aliphatic hydroxyl groups is 2. The maximum Gasteiger partial charge on any atom is 0.105 e. The number of rotatable bonds is 1. The van der Waals surface area contributed by atoms with E-state index in [2.05, 4.69) is 74.3 Å². The van der Waals surface area contributed by atoms with Gasteiger partial charge in [-0.1, -0.05) is 85.9 Å². The van der Waals surface area contributed by atoms with Gasteiger partial charge in [-0.3, -0.25) is 0 Å². The van der Waals surface area contributed by atoms with Crippen LogP contribution in [-0.4, -0.2) is 30.5 Å². The predicted molar refractivity (Wildman–Crippen MR) is 93.7 cm³/mol. The van der Waals surface area contributed by atoms with Gasteiger partial charge in [0.2, 0.25) is 0 Å². The molecule has 1 fully saturated rings. The summed E-state index contributed by atoms with van der Waals surface area (Å²) in [6, 6.07) is 0. The van der Waals surface area contributed by atoms with E-state index in [9.17, 15) is 10.2 Å². The Kier molecular flexibility index (Phi) is 4.71. The van der Waals surface area contributed by atoms with Gasteiger partial charge in [-0.25, -0.2) is 0 Å². The first kappa shape index (κ1) is 17.2. The van der Waals surface area contributed by atoms with Crippen molar-refractivity contribution in [1.29, 1.82) is 0 Å². The van der Waals surface area contributed by atoms with Gasteiger partial charge < -0.3 is 10.2 Å². The first-order chi connectivity index (χ1) is 9.07. The van der Waals surface area contributed by atoms with E-state index in [4.69, 9.17) is 0 Å². The molecule has 2 nitrogen and oxygen atoms in total. The molecule has 5 heteroatoms. The molecule has 0 aliphatic heterocycles. The van der Waals surface area contributed by atoms with Gasteiger partial charge in [0.25, 0.3) is 0 Å². The fraction of sp³-hybridized carbons (Fsp3) is 0.733. The zero-order valence-electron chi connectivity index (χ0n) is 11.7. The summed E-state index contributed by atoms with van der Waals surface area (Å²) in [6.45, 7) is 8.55. The molecule has 2 N–H and O–H groups in total. The molecule has 0 aromatic heterocycles. The van der Waals surface area contributed by atoms with Crippen LogP contribution in [0.15, 0.2) is 24.3 Å². The average molecular weight is 473 g/mol. The second-order valence-corrected chi connectivity index (χ2v) is 10.6. The molecule has 2 aliphatic rings. The lowest BCUT2D eigenvalue weighted by atomic mass is 9.51. The molecule has 1 saturated carbocycles. The van der Waals surface area contributed by atoms with Crippen molar-refractivity contribution in [2.75, 3.05) is 0 Å². The van der Waals surface area contributed by atoms with E-state index in [1.165, 1.54) is 0 Å². The van der Waals surface area contributed by atoms with E-state index < -0.39 is 11.7 Å². The molecule has 0 unspecified atom stereocenters. The average Bonchev–Trinajstić information content (AvgIpc) is 2.36. The minimum absolute atomic E-state index is 0.0140. The van der Waals surface area contributed by atoms with Crippen LogP contribution in [-0.2, 0) is 0 Å². The van der Waals surface area contributed by atoms with Crippen molar-refractivity contribution in [2.45, 2.75) is 53.4 Å². The van der Waals surface area contributed by atoms with Gasteiger partial charge in [-0.15, -0.1) is 0 Å². The SMILES string of the molecule is C=C1C[C@@H](O)[C@@H](Br)C(C)(C)[C@@]12C=C[C@@](O)(C(Br)Br)CC2. The van der Waals surface area contributed by atoms with Crippen molar-refractivity contribution in [2.24, 2.45) is 10.8 Å². The summed E-state index contributed by atoms with van der Waals surface area (Å²) >= 11 is 10.5. The highest BCUT2D eigenvalue weighted by molar-refractivity contribution is 9.24. The molecule has 2 rings (SSSR count). The van der Waals surface area contributed by atoms with Crippen molar-refractivity contribution in [3.63, 3.8) is 0 Å². The second kappa shape index (κ2) is 5.48. The van der Waals surface area contributed by atoms with Crippen LogP contribution in [0.3, 0.4) is 0 Å². The number of halogens is 3. The minimum atomic E-state index is -0.876. The molecule has 114 valence electrons. The zero-order valence-corrected chi connectivity index (χ0v) is 16.5. The van der Waals surface area contributed by atoms with E-state index in [-0.39, 0.29) is 19.4 Å². The largest absolute Gasteiger partial charge is 0.392 e. The second-order valence-electron chi connectivity index (χ2n) is 6.60. The number of allylic oxidation sites excluding steroid dienone is 1. The molecule has 4 atom stereocenters. The standard InChI is InChI=1S/C15H21Br3O2/c1-9-8-10(19)11(16)13(2,3)14(9)4-6-15(20,7-5-14)12(17)18/h4,6,10-12,19-20H,1,5,7-8H2,2-3H3/t10-,11-,14-,15+/m1/s1. The Morgan fingerprint density at radius 2 is 1.90 bits per heavy atom. The summed E-state index contributed by atoms with van der Waals surface area (Å²) in [5.41, 5.74) is -0.154. The molecule has 0 aromatic rings. The molecule has 1 spiro atoms. The lowest BCUT2D eigenvalue weighted by Gasteiger charge is -2.57. The van der Waals surface area contributed by atoms with Gasteiger partial charge >= 0.3 is 0 Å². The molecule has 0 bridgehead atoms. The highest BCUT2D eigenvalue weighted by Crippen LogP contribution is 2.60. The van der Waals surface area contributed by atoms with Crippen molar-refractivity contribution in [1.82, 2.24) is 0 Å². The van der Waals surface area contributed by atoms with E-state index in [0.717, 1.165) is 12.0 Å². The Hall–Kier alpha value is 0.840. The summed E-state index contributed by atoms with van der Waals surface area (Å²) in [6.07, 6.45) is 5.67. The highest BCUT2D eigenvalue weighted by Gasteiger charge is 2.56. The van der Waals surface area contributed by atoms with Crippen LogP contribution in [0.4, 0.5) is 0 Å². The van der Waals surface area contributed by atoms with Gasteiger partial charge in [0.1, 0.15) is 9.34 Å². The Bertz CT molecular complexity index is 446. The van der Waals surface area contributed by atoms with Crippen LogP contribution in [0, 0.1) is 10.8 Å². The van der Waals surface area contributed by atoms with Crippen molar-refractivity contribution in [3.05, 3.63) is 24.3 Å². The molecule has 2 aliphatic carbocycles. The quantitative estimate of drug-likeness (QED) is 0.441. The molecule has 0 amide bonds. The van der Waals surface area contributed by atoms with Crippen molar-refractivity contribution in [3.8, 4) is 0 Å². The maximum absolute atomic E-state index is 10.6. The van der Waals surface area contributed by atoms with Gasteiger partial charge in [0.05, 0.1) is 6.10 Å². The first-order valence-electron chi connectivity index (χ1n) is 6.78. The fourth-order valence-electron chi connectivity index (χ4n) is 3.58. The van der Waals surface area contributed by atoms with Crippen LogP contribution in [0.1, 0.15) is 33.1 Å². The summed E-state index contributed by atoms with van der Waals surface area (Å²) < 4.78 is -0.165. The highest BCUT2D eigenvalue weighted by atomic mass is 79.9. The number of hydrogen-bond donors (Lipinski definition) is 2. The summed E-state index contributed by atoms with van der Waals surface area (Å²) in [5.74, 6) is 0. The maximum atomic E-state index is 10.6. The van der Waals surface area contributed by atoms with Gasteiger partial charge in [-0.05, 0) is 24.7 Å². The minimum Gasteiger partial charge on any atom is -0.392 e. The van der Waals surface area contributed by atoms with E-state index >= 15 is 0 Å². The van der Waals surface area contributed by atoms with Gasteiger partial charge in [0.15, 0.2) is 0 Å². The fourth-order valence-corrected chi connectivity index (χ4v) is 4.94. The van der Waals surface area contributed by atoms with Crippen molar-refractivity contribution < 1.29 is 10.2 Å². The van der Waals surface area contributed by atoms with Crippen molar-refractivity contribution >= 4 is 47.8 Å². The summed E-state index contributed by atoms with van der Waals surface area (Å²) in [4.78, 5) is 0.0140. The summed E-state index contributed by atoms with van der Waals surface area (Å²) in [5, 5.41) is 20.8. The van der Waals surface area contributed by atoms with E-state index in [1.54, 1.807) is 0 Å².